The van der Waals surface area contributed by atoms with Crippen molar-refractivity contribution in [1.29, 1.82) is 0 Å². The van der Waals surface area contributed by atoms with Crippen LogP contribution in [0.1, 0.15) is 33.0 Å². The molecule has 0 unspecified atom stereocenters. The highest BCUT2D eigenvalue weighted by Gasteiger charge is 2.29. The number of amides is 2. The summed E-state index contributed by atoms with van der Waals surface area (Å²) in [5, 5.41) is 23.7. The average molecular weight is 551 g/mol. The van der Waals surface area contributed by atoms with Gasteiger partial charge in [-0.25, -0.2) is 9.59 Å². The molecule has 8 heteroatoms. The summed E-state index contributed by atoms with van der Waals surface area (Å²) in [5.41, 5.74) is 7.40. The fourth-order valence-electron chi connectivity index (χ4n) is 5.14. The van der Waals surface area contributed by atoms with Crippen LogP contribution in [0.15, 0.2) is 97.1 Å². The second-order valence-corrected chi connectivity index (χ2v) is 9.82. The molecule has 8 nitrogen and oxygen atoms in total. The molecule has 0 spiro atoms. The Balaban J connectivity index is 1.19. The van der Waals surface area contributed by atoms with E-state index in [2.05, 4.69) is 22.8 Å². The minimum atomic E-state index is -1.16. The molecule has 0 fully saturated rings. The number of aliphatic carboxylic acids is 1. The molecule has 4 aromatic rings. The molecule has 4 aromatic carbocycles. The zero-order chi connectivity index (χ0) is 28.8. The second kappa shape index (κ2) is 12.5. The highest BCUT2D eigenvalue weighted by Crippen LogP contribution is 2.44. The van der Waals surface area contributed by atoms with Crippen LogP contribution < -0.4 is 10.6 Å². The van der Waals surface area contributed by atoms with Crippen LogP contribution in [0.2, 0.25) is 0 Å². The van der Waals surface area contributed by atoms with E-state index in [4.69, 9.17) is 9.84 Å². The molecule has 0 heterocycles. The van der Waals surface area contributed by atoms with E-state index in [0.29, 0.717) is 5.56 Å². The number of fused-ring (bicyclic) bond motifs is 3. The van der Waals surface area contributed by atoms with Crippen molar-refractivity contribution in [3.8, 4) is 22.3 Å². The number of benzene rings is 4. The van der Waals surface area contributed by atoms with Gasteiger partial charge in [-0.3, -0.25) is 4.79 Å². The average Bonchev–Trinajstić information content (AvgIpc) is 3.32. The summed E-state index contributed by atoms with van der Waals surface area (Å²) in [7, 11) is 0. The monoisotopic (exact) mass is 550 g/mol. The maximum Gasteiger partial charge on any atom is 0.407 e. The van der Waals surface area contributed by atoms with Gasteiger partial charge < -0.3 is 25.6 Å². The van der Waals surface area contributed by atoms with Crippen molar-refractivity contribution in [1.82, 2.24) is 10.6 Å². The predicted molar refractivity (Wildman–Crippen MR) is 155 cm³/mol. The maximum atomic E-state index is 12.7. The predicted octanol–water partition coefficient (Wildman–Crippen LogP) is 4.61. The highest BCUT2D eigenvalue weighted by molar-refractivity contribution is 5.94. The SMILES string of the molecule is O=C(N[C@@H](Cc1ccc(-c2ccc(C(=O)NCCO)cc2)cc1)C(=O)O)OCC1c2ccccc2-c2ccccc21. The number of carbonyl (C=O) groups is 3. The van der Waals surface area contributed by atoms with Gasteiger partial charge in [0, 0.05) is 24.4 Å². The number of alkyl carbamates (subject to hydrolysis) is 1. The summed E-state index contributed by atoms with van der Waals surface area (Å²) in [6.45, 7) is 0.165. The van der Waals surface area contributed by atoms with Crippen LogP contribution in [0, 0.1) is 0 Å². The summed E-state index contributed by atoms with van der Waals surface area (Å²) in [6, 6.07) is 29.3. The van der Waals surface area contributed by atoms with E-state index in [9.17, 15) is 19.5 Å². The van der Waals surface area contributed by atoms with Crippen LogP contribution in [-0.2, 0) is 16.0 Å². The Labute approximate surface area is 237 Å². The number of rotatable bonds is 10. The Bertz CT molecular complexity index is 1500. The largest absolute Gasteiger partial charge is 0.480 e. The van der Waals surface area contributed by atoms with Crippen molar-refractivity contribution < 1.29 is 29.3 Å². The lowest BCUT2D eigenvalue weighted by atomic mass is 9.98. The third-order valence-electron chi connectivity index (χ3n) is 7.21. The summed E-state index contributed by atoms with van der Waals surface area (Å²) in [6.07, 6.45) is -0.692. The van der Waals surface area contributed by atoms with Crippen LogP contribution in [0.4, 0.5) is 4.79 Å². The molecule has 1 aliphatic rings. The molecule has 0 radical (unpaired) electrons. The number of nitrogens with one attached hydrogen (secondary N) is 2. The van der Waals surface area contributed by atoms with Gasteiger partial charge in [-0.1, -0.05) is 84.9 Å². The first-order chi connectivity index (χ1) is 19.9. The normalized spacial score (nSPS) is 12.6. The Kier molecular flexibility index (Phi) is 8.41. The molecule has 0 saturated carbocycles. The van der Waals surface area contributed by atoms with Crippen molar-refractivity contribution in [3.05, 3.63) is 119 Å². The van der Waals surface area contributed by atoms with Crippen LogP contribution in [-0.4, -0.2) is 54.0 Å². The van der Waals surface area contributed by atoms with E-state index in [0.717, 1.165) is 38.9 Å². The van der Waals surface area contributed by atoms with Gasteiger partial charge in [0.05, 0.1) is 6.61 Å². The molecule has 5 rings (SSSR count). The quantitative estimate of drug-likeness (QED) is 0.229. The molecule has 0 bridgehead atoms. The fourth-order valence-corrected chi connectivity index (χ4v) is 5.14. The van der Waals surface area contributed by atoms with Crippen LogP contribution in [0.25, 0.3) is 22.3 Å². The summed E-state index contributed by atoms with van der Waals surface area (Å²) < 4.78 is 5.53. The number of carbonyl (C=O) groups excluding carboxylic acids is 2. The molecule has 208 valence electrons. The first kappa shape index (κ1) is 27.6. The smallest absolute Gasteiger partial charge is 0.407 e. The Morgan fingerprint density at radius 1 is 0.780 bits per heavy atom. The lowest BCUT2D eigenvalue weighted by molar-refractivity contribution is -0.139. The lowest BCUT2D eigenvalue weighted by Gasteiger charge is -2.17. The molecule has 1 atom stereocenters. The summed E-state index contributed by atoms with van der Waals surface area (Å²) in [5.74, 6) is -1.53. The molecule has 4 N–H and O–H groups in total. The number of aliphatic hydroxyl groups is 1. The van der Waals surface area contributed by atoms with E-state index in [-0.39, 0.29) is 38.0 Å². The van der Waals surface area contributed by atoms with Crippen molar-refractivity contribution in [2.24, 2.45) is 0 Å². The van der Waals surface area contributed by atoms with Crippen molar-refractivity contribution in [2.75, 3.05) is 19.8 Å². The molecule has 0 aliphatic heterocycles. The minimum absolute atomic E-state index is 0.0871. The Morgan fingerprint density at radius 2 is 1.34 bits per heavy atom. The first-order valence-electron chi connectivity index (χ1n) is 13.4. The number of carboxylic acid groups (broad SMARTS) is 1. The minimum Gasteiger partial charge on any atom is -0.480 e. The van der Waals surface area contributed by atoms with E-state index in [1.54, 1.807) is 12.1 Å². The summed E-state index contributed by atoms with van der Waals surface area (Å²) >= 11 is 0. The van der Waals surface area contributed by atoms with Gasteiger partial charge in [-0.05, 0) is 51.1 Å². The van der Waals surface area contributed by atoms with Gasteiger partial charge in [-0.15, -0.1) is 0 Å². The van der Waals surface area contributed by atoms with E-state index >= 15 is 0 Å². The fraction of sp³-hybridized carbons (Fsp3) is 0.182. The van der Waals surface area contributed by atoms with Gasteiger partial charge in [0.25, 0.3) is 5.91 Å². The van der Waals surface area contributed by atoms with Crippen molar-refractivity contribution in [2.45, 2.75) is 18.4 Å². The first-order valence-corrected chi connectivity index (χ1v) is 13.4. The van der Waals surface area contributed by atoms with Gasteiger partial charge in [0.2, 0.25) is 0 Å². The molecule has 0 aromatic heterocycles. The molecule has 2 amide bonds. The third-order valence-corrected chi connectivity index (χ3v) is 7.21. The topological polar surface area (TPSA) is 125 Å². The zero-order valence-corrected chi connectivity index (χ0v) is 22.2. The summed E-state index contributed by atoms with van der Waals surface area (Å²) in [4.78, 5) is 36.6. The highest BCUT2D eigenvalue weighted by atomic mass is 16.5. The molecule has 0 saturated heterocycles. The van der Waals surface area contributed by atoms with Gasteiger partial charge >= 0.3 is 12.1 Å². The van der Waals surface area contributed by atoms with E-state index < -0.39 is 18.1 Å². The number of hydrogen-bond acceptors (Lipinski definition) is 5. The van der Waals surface area contributed by atoms with E-state index in [1.807, 2.05) is 72.8 Å². The van der Waals surface area contributed by atoms with Crippen molar-refractivity contribution >= 4 is 18.0 Å². The molecular weight excluding hydrogens is 520 g/mol. The lowest BCUT2D eigenvalue weighted by Crippen LogP contribution is -2.42. The maximum absolute atomic E-state index is 12.7. The van der Waals surface area contributed by atoms with Gasteiger partial charge in [-0.2, -0.15) is 0 Å². The van der Waals surface area contributed by atoms with Crippen LogP contribution >= 0.6 is 0 Å². The van der Waals surface area contributed by atoms with Gasteiger partial charge in [0.1, 0.15) is 12.6 Å². The Morgan fingerprint density at radius 3 is 1.90 bits per heavy atom. The van der Waals surface area contributed by atoms with E-state index in [1.165, 1.54) is 0 Å². The Hall–Kier alpha value is -4.95. The molecule has 41 heavy (non-hydrogen) atoms. The second-order valence-electron chi connectivity index (χ2n) is 9.82. The molecule has 1 aliphatic carbocycles. The van der Waals surface area contributed by atoms with Gasteiger partial charge in [0.15, 0.2) is 0 Å². The number of aliphatic hydroxyl groups excluding tert-OH is 1. The zero-order valence-electron chi connectivity index (χ0n) is 22.2. The molecular formula is C33H30N2O6. The number of hydrogen-bond donors (Lipinski definition) is 4. The third kappa shape index (κ3) is 6.28. The van der Waals surface area contributed by atoms with Crippen molar-refractivity contribution in [3.63, 3.8) is 0 Å². The number of carboxylic acids is 1. The van der Waals surface area contributed by atoms with Crippen LogP contribution in [0.5, 0.6) is 0 Å². The standard InChI is InChI=1S/C33H30N2O6/c36-18-17-34-31(37)24-15-13-23(14-16-24)22-11-9-21(10-12-22)19-30(32(38)39)35-33(40)41-20-29-27-7-3-1-5-25(27)26-6-2-4-8-28(26)29/h1-16,29-30,36H,17-20H2,(H,34,37)(H,35,40)(H,38,39)/t30-/m0/s1. The van der Waals surface area contributed by atoms with Crippen LogP contribution in [0.3, 0.4) is 0 Å². The number of ether oxygens (including phenoxy) is 1.